The molecule has 0 saturated carbocycles. The first-order valence-electron chi connectivity index (χ1n) is 11.8. The SMILES string of the molecule is C=C/C=C\C.CC[C@@]1(OC(=O)C2=C(C)NC(C)=C(C(=O)OC)C2)CCN(Cc2ccccc2)C1. The van der Waals surface area contributed by atoms with Crippen molar-refractivity contribution in [3.8, 4) is 0 Å². The van der Waals surface area contributed by atoms with Crippen molar-refractivity contribution in [2.45, 2.75) is 59.1 Å². The van der Waals surface area contributed by atoms with Gasteiger partial charge in [-0.3, -0.25) is 4.90 Å². The molecule has 3 rings (SSSR count). The number of hydrogen-bond acceptors (Lipinski definition) is 6. The lowest BCUT2D eigenvalue weighted by Gasteiger charge is -2.30. The average molecular weight is 467 g/mol. The molecule has 1 aromatic rings. The van der Waals surface area contributed by atoms with Gasteiger partial charge in [0.25, 0.3) is 0 Å². The molecule has 1 N–H and O–H groups in total. The number of rotatable bonds is 7. The summed E-state index contributed by atoms with van der Waals surface area (Å²) in [6.45, 7) is 13.6. The van der Waals surface area contributed by atoms with Crippen LogP contribution in [0.15, 0.2) is 77.7 Å². The molecule has 0 amide bonds. The average Bonchev–Trinajstić information content (AvgIpc) is 3.22. The van der Waals surface area contributed by atoms with E-state index in [1.54, 1.807) is 6.08 Å². The Bertz CT molecular complexity index is 962. The molecular formula is C28H38N2O4. The van der Waals surface area contributed by atoms with Gasteiger partial charge in [-0.05, 0) is 32.8 Å². The summed E-state index contributed by atoms with van der Waals surface area (Å²) in [6, 6.07) is 10.3. The van der Waals surface area contributed by atoms with Crippen LogP contribution in [0.4, 0.5) is 0 Å². The lowest BCUT2D eigenvalue weighted by molar-refractivity contribution is -0.154. The number of dihydropyridines is 1. The number of nitrogens with zero attached hydrogens (tertiary/aromatic N) is 1. The number of benzene rings is 1. The maximum atomic E-state index is 13.0. The van der Waals surface area contributed by atoms with Crippen LogP contribution in [0.5, 0.6) is 0 Å². The number of carbonyl (C=O) groups is 2. The second-order valence-corrected chi connectivity index (χ2v) is 8.63. The van der Waals surface area contributed by atoms with E-state index >= 15 is 0 Å². The molecule has 1 atom stereocenters. The molecule has 1 fully saturated rings. The van der Waals surface area contributed by atoms with Crippen LogP contribution in [0.25, 0.3) is 0 Å². The summed E-state index contributed by atoms with van der Waals surface area (Å²) in [7, 11) is 1.34. The van der Waals surface area contributed by atoms with Crippen molar-refractivity contribution >= 4 is 11.9 Å². The van der Waals surface area contributed by atoms with E-state index in [0.29, 0.717) is 23.4 Å². The van der Waals surface area contributed by atoms with Crippen molar-refractivity contribution < 1.29 is 19.1 Å². The summed E-state index contributed by atoms with van der Waals surface area (Å²) >= 11 is 0. The Balaban J connectivity index is 0.000000739. The first-order chi connectivity index (χ1) is 16.3. The fraction of sp³-hybridized carbons (Fsp3) is 0.429. The molecule has 1 aromatic carbocycles. The second kappa shape index (κ2) is 12.9. The molecule has 6 nitrogen and oxygen atoms in total. The number of likely N-dealkylation sites (tertiary alicyclic amines) is 1. The van der Waals surface area contributed by atoms with Crippen LogP contribution in [-0.4, -0.2) is 42.6 Å². The third kappa shape index (κ3) is 7.19. The Kier molecular flexibility index (Phi) is 10.3. The van der Waals surface area contributed by atoms with E-state index in [-0.39, 0.29) is 12.4 Å². The van der Waals surface area contributed by atoms with E-state index in [4.69, 9.17) is 9.47 Å². The van der Waals surface area contributed by atoms with Gasteiger partial charge in [0.2, 0.25) is 0 Å². The second-order valence-electron chi connectivity index (χ2n) is 8.63. The lowest BCUT2D eigenvalue weighted by Crippen LogP contribution is -2.39. The molecule has 2 aliphatic rings. The first-order valence-corrected chi connectivity index (χ1v) is 11.8. The van der Waals surface area contributed by atoms with Gasteiger partial charge >= 0.3 is 11.9 Å². The zero-order chi connectivity index (χ0) is 25.1. The smallest absolute Gasteiger partial charge is 0.336 e. The molecule has 0 unspecified atom stereocenters. The zero-order valence-electron chi connectivity index (χ0n) is 21.1. The maximum absolute atomic E-state index is 13.0. The van der Waals surface area contributed by atoms with E-state index in [9.17, 15) is 9.59 Å². The number of ether oxygens (including phenoxy) is 2. The predicted molar refractivity (Wildman–Crippen MR) is 136 cm³/mol. The van der Waals surface area contributed by atoms with Crippen LogP contribution in [0.3, 0.4) is 0 Å². The summed E-state index contributed by atoms with van der Waals surface area (Å²) in [5, 5.41) is 3.12. The molecule has 1 saturated heterocycles. The summed E-state index contributed by atoms with van der Waals surface area (Å²) in [5.74, 6) is -0.778. The van der Waals surface area contributed by atoms with Crippen LogP contribution in [0.1, 0.15) is 52.5 Å². The van der Waals surface area contributed by atoms with Gasteiger partial charge in [0.05, 0.1) is 18.3 Å². The van der Waals surface area contributed by atoms with Gasteiger partial charge in [0.15, 0.2) is 0 Å². The van der Waals surface area contributed by atoms with Crippen molar-refractivity contribution in [2.24, 2.45) is 0 Å². The number of nitrogens with one attached hydrogen (secondary N) is 1. The van der Waals surface area contributed by atoms with Crippen molar-refractivity contribution in [1.29, 1.82) is 0 Å². The normalized spacial score (nSPS) is 20.5. The van der Waals surface area contributed by atoms with Gasteiger partial charge in [-0.15, -0.1) is 0 Å². The first kappa shape index (κ1) is 27.1. The summed E-state index contributed by atoms with van der Waals surface area (Å²) < 4.78 is 10.9. The van der Waals surface area contributed by atoms with Crippen molar-refractivity contribution in [3.05, 3.63) is 83.2 Å². The van der Waals surface area contributed by atoms with Gasteiger partial charge in [0, 0.05) is 43.9 Å². The largest absolute Gasteiger partial charge is 0.466 e. The molecule has 2 heterocycles. The quantitative estimate of drug-likeness (QED) is 0.448. The number of carbonyl (C=O) groups excluding carboxylic acids is 2. The third-order valence-electron chi connectivity index (χ3n) is 6.24. The molecule has 2 aliphatic heterocycles. The van der Waals surface area contributed by atoms with Gasteiger partial charge in [-0.25, -0.2) is 9.59 Å². The summed E-state index contributed by atoms with van der Waals surface area (Å²) in [5.41, 5.74) is 3.15. The van der Waals surface area contributed by atoms with Crippen molar-refractivity contribution in [1.82, 2.24) is 10.2 Å². The lowest BCUT2D eigenvalue weighted by atomic mass is 9.96. The maximum Gasteiger partial charge on any atom is 0.336 e. The van der Waals surface area contributed by atoms with Gasteiger partial charge in [0.1, 0.15) is 5.60 Å². The zero-order valence-corrected chi connectivity index (χ0v) is 21.1. The fourth-order valence-corrected chi connectivity index (χ4v) is 4.19. The molecule has 6 heteroatoms. The monoisotopic (exact) mass is 466 g/mol. The van der Waals surface area contributed by atoms with Crippen LogP contribution < -0.4 is 5.32 Å². The summed E-state index contributed by atoms with van der Waals surface area (Å²) in [4.78, 5) is 27.4. The minimum absolute atomic E-state index is 0.226. The molecule has 0 spiro atoms. The number of esters is 2. The molecule has 0 bridgehead atoms. The van der Waals surface area contributed by atoms with Crippen molar-refractivity contribution in [3.63, 3.8) is 0 Å². The fourth-order valence-electron chi connectivity index (χ4n) is 4.19. The molecule has 34 heavy (non-hydrogen) atoms. The molecule has 0 aromatic heterocycles. The summed E-state index contributed by atoms with van der Waals surface area (Å²) in [6.07, 6.45) is 7.36. The number of allylic oxidation sites excluding steroid dienone is 5. The minimum atomic E-state index is -0.499. The minimum Gasteiger partial charge on any atom is -0.466 e. The Morgan fingerprint density at radius 3 is 2.32 bits per heavy atom. The van der Waals surface area contributed by atoms with E-state index in [0.717, 1.165) is 31.6 Å². The van der Waals surface area contributed by atoms with Crippen LogP contribution in [-0.2, 0) is 25.6 Å². The third-order valence-corrected chi connectivity index (χ3v) is 6.24. The molecule has 0 aliphatic carbocycles. The van der Waals surface area contributed by atoms with Crippen LogP contribution in [0.2, 0.25) is 0 Å². The highest BCUT2D eigenvalue weighted by atomic mass is 16.6. The highest BCUT2D eigenvalue weighted by molar-refractivity contribution is 5.96. The van der Waals surface area contributed by atoms with E-state index in [1.165, 1.54) is 12.7 Å². The molecule has 184 valence electrons. The Morgan fingerprint density at radius 1 is 1.15 bits per heavy atom. The predicted octanol–water partition coefficient (Wildman–Crippen LogP) is 5.05. The van der Waals surface area contributed by atoms with Gasteiger partial charge in [-0.2, -0.15) is 0 Å². The van der Waals surface area contributed by atoms with Gasteiger partial charge < -0.3 is 14.8 Å². The van der Waals surface area contributed by atoms with Crippen molar-refractivity contribution in [2.75, 3.05) is 20.2 Å². The number of methoxy groups -OCH3 is 1. The number of hydrogen-bond donors (Lipinski definition) is 1. The Hall–Kier alpha value is -3.12. The highest BCUT2D eigenvalue weighted by Crippen LogP contribution is 2.33. The Labute approximate surface area is 204 Å². The Morgan fingerprint density at radius 2 is 1.79 bits per heavy atom. The topological polar surface area (TPSA) is 67.9 Å². The molecular weight excluding hydrogens is 428 g/mol. The van der Waals surface area contributed by atoms with E-state index < -0.39 is 11.6 Å². The highest BCUT2D eigenvalue weighted by Gasteiger charge is 2.41. The standard InChI is InChI=1S/C23H30N2O4.C5H8/c1-5-23(11-12-25(15-23)14-18-9-7-6-8-10-18)29-22(27)20-13-19(21(26)28-4)16(2)24-17(20)3;1-3-5-4-2/h6-10,24H,5,11-15H2,1-4H3;3-5H,1H2,2H3/b;5-4-/t23-;/m1./s1. The van der Waals surface area contributed by atoms with Gasteiger partial charge in [-0.1, -0.05) is 62.1 Å². The van der Waals surface area contributed by atoms with Crippen LogP contribution in [0, 0.1) is 0 Å². The van der Waals surface area contributed by atoms with E-state index in [2.05, 4.69) is 35.9 Å². The van der Waals surface area contributed by atoms with E-state index in [1.807, 2.05) is 51.1 Å². The molecule has 0 radical (unpaired) electrons. The van der Waals surface area contributed by atoms with Crippen LogP contribution >= 0.6 is 0 Å².